The van der Waals surface area contributed by atoms with Crippen molar-refractivity contribution in [3.05, 3.63) is 59.7 Å². The average molecular weight is 406 g/mol. The Morgan fingerprint density at radius 1 is 1.17 bits per heavy atom. The van der Waals surface area contributed by atoms with Crippen molar-refractivity contribution in [1.29, 1.82) is 0 Å². The molecule has 29 heavy (non-hydrogen) atoms. The zero-order chi connectivity index (χ0) is 20.6. The number of hydrogen-bond acceptors (Lipinski definition) is 5. The molecule has 6 nitrogen and oxygen atoms in total. The first-order valence-electron chi connectivity index (χ1n) is 9.37. The molecule has 0 bridgehead atoms. The van der Waals surface area contributed by atoms with Crippen LogP contribution in [0.1, 0.15) is 11.6 Å². The van der Waals surface area contributed by atoms with Gasteiger partial charge < -0.3 is 19.5 Å². The average Bonchev–Trinajstić information content (AvgIpc) is 2.74. The monoisotopic (exact) mass is 406 g/mol. The normalized spacial score (nSPS) is 15.6. The summed E-state index contributed by atoms with van der Waals surface area (Å²) in [6.07, 6.45) is 0. The van der Waals surface area contributed by atoms with Gasteiger partial charge in [-0.25, -0.2) is 8.78 Å². The summed E-state index contributed by atoms with van der Waals surface area (Å²) in [6.45, 7) is 2.77. The van der Waals surface area contributed by atoms with Gasteiger partial charge >= 0.3 is 0 Å². The maximum Gasteiger partial charge on any atom is 0.258 e. The summed E-state index contributed by atoms with van der Waals surface area (Å²) < 4.78 is 42.4. The molecule has 0 spiro atoms. The number of hydrogen-bond donors (Lipinski definition) is 1. The van der Waals surface area contributed by atoms with E-state index in [0.717, 1.165) is 36.5 Å². The van der Waals surface area contributed by atoms with Gasteiger partial charge in [0.2, 0.25) is 0 Å². The molecule has 0 radical (unpaired) electrons. The predicted octanol–water partition coefficient (Wildman–Crippen LogP) is 2.54. The number of nitrogens with one attached hydrogen (secondary N) is 1. The van der Waals surface area contributed by atoms with Gasteiger partial charge in [-0.15, -0.1) is 0 Å². The van der Waals surface area contributed by atoms with Crippen LogP contribution in [0.2, 0.25) is 0 Å². The highest BCUT2D eigenvalue weighted by Gasteiger charge is 2.23. The lowest BCUT2D eigenvalue weighted by Crippen LogP contribution is -2.44. The summed E-state index contributed by atoms with van der Waals surface area (Å²) >= 11 is 0. The van der Waals surface area contributed by atoms with Gasteiger partial charge in [-0.1, -0.05) is 12.1 Å². The molecule has 2 aromatic rings. The fourth-order valence-corrected chi connectivity index (χ4v) is 3.17. The second kappa shape index (κ2) is 10.2. The molecule has 1 N–H and O–H groups in total. The number of morpholine rings is 1. The zero-order valence-electron chi connectivity index (χ0n) is 16.2. The van der Waals surface area contributed by atoms with Crippen molar-refractivity contribution in [3.8, 4) is 11.5 Å². The number of nitrogens with zero attached hydrogens (tertiary/aromatic N) is 1. The van der Waals surface area contributed by atoms with Crippen LogP contribution in [-0.4, -0.2) is 57.4 Å². The summed E-state index contributed by atoms with van der Waals surface area (Å²) in [5.41, 5.74) is 1.04. The van der Waals surface area contributed by atoms with E-state index in [-0.39, 0.29) is 24.3 Å². The molecule has 1 aliphatic rings. The molecule has 0 saturated carbocycles. The highest BCUT2D eigenvalue weighted by Crippen LogP contribution is 2.24. The summed E-state index contributed by atoms with van der Waals surface area (Å²) in [5, 5.41) is 2.83. The van der Waals surface area contributed by atoms with Crippen LogP contribution in [0.25, 0.3) is 0 Å². The molecule has 2 aromatic carbocycles. The summed E-state index contributed by atoms with van der Waals surface area (Å²) in [6, 6.07) is 10.6. The topological polar surface area (TPSA) is 60.0 Å². The van der Waals surface area contributed by atoms with Crippen molar-refractivity contribution in [2.45, 2.75) is 6.04 Å². The van der Waals surface area contributed by atoms with Crippen molar-refractivity contribution >= 4 is 5.91 Å². The van der Waals surface area contributed by atoms with Gasteiger partial charge in [0.15, 0.2) is 18.2 Å². The van der Waals surface area contributed by atoms with Gasteiger partial charge in [0.1, 0.15) is 11.6 Å². The Kier molecular flexibility index (Phi) is 7.37. The highest BCUT2D eigenvalue weighted by atomic mass is 19.1. The minimum atomic E-state index is -0.845. The fourth-order valence-electron chi connectivity index (χ4n) is 3.17. The van der Waals surface area contributed by atoms with E-state index in [1.165, 1.54) is 0 Å². The molecule has 1 unspecified atom stereocenters. The number of carbonyl (C=O) groups is 1. The number of amides is 1. The molecule has 1 aliphatic heterocycles. The largest absolute Gasteiger partial charge is 0.497 e. The Labute approximate surface area is 168 Å². The van der Waals surface area contributed by atoms with Crippen LogP contribution in [0, 0.1) is 11.6 Å². The first-order valence-corrected chi connectivity index (χ1v) is 9.37. The van der Waals surface area contributed by atoms with E-state index in [1.54, 1.807) is 7.11 Å². The van der Waals surface area contributed by atoms with E-state index in [0.29, 0.717) is 25.8 Å². The van der Waals surface area contributed by atoms with E-state index < -0.39 is 11.6 Å². The second-order valence-electron chi connectivity index (χ2n) is 6.60. The lowest BCUT2D eigenvalue weighted by molar-refractivity contribution is -0.123. The number of rotatable bonds is 8. The summed E-state index contributed by atoms with van der Waals surface area (Å²) in [7, 11) is 1.61. The van der Waals surface area contributed by atoms with E-state index >= 15 is 0 Å². The molecular weight excluding hydrogens is 382 g/mol. The predicted molar refractivity (Wildman–Crippen MR) is 103 cm³/mol. The van der Waals surface area contributed by atoms with Crippen LogP contribution in [0.15, 0.2) is 42.5 Å². The van der Waals surface area contributed by atoms with Crippen LogP contribution in [0.4, 0.5) is 8.78 Å². The Morgan fingerprint density at radius 3 is 2.55 bits per heavy atom. The van der Waals surface area contributed by atoms with Crippen molar-refractivity contribution in [2.24, 2.45) is 0 Å². The molecule has 8 heteroatoms. The quantitative estimate of drug-likeness (QED) is 0.730. The van der Waals surface area contributed by atoms with Crippen LogP contribution in [0.3, 0.4) is 0 Å². The third kappa shape index (κ3) is 5.88. The van der Waals surface area contributed by atoms with Gasteiger partial charge in [-0.05, 0) is 29.8 Å². The number of carbonyl (C=O) groups excluding carboxylic acids is 1. The van der Waals surface area contributed by atoms with Crippen molar-refractivity contribution in [1.82, 2.24) is 10.2 Å². The Balaban J connectivity index is 1.60. The SMILES string of the molecule is COc1ccc(C(CNC(=O)COc2ccc(F)cc2F)N2CCOCC2)cc1. The zero-order valence-corrected chi connectivity index (χ0v) is 16.2. The molecule has 156 valence electrons. The van der Waals surface area contributed by atoms with E-state index in [9.17, 15) is 13.6 Å². The number of methoxy groups -OCH3 is 1. The molecular formula is C21H24F2N2O4. The molecule has 0 aliphatic carbocycles. The first-order chi connectivity index (χ1) is 14.1. The molecule has 1 heterocycles. The first kappa shape index (κ1) is 21.0. The number of ether oxygens (including phenoxy) is 3. The van der Waals surface area contributed by atoms with Crippen molar-refractivity contribution in [2.75, 3.05) is 46.6 Å². The van der Waals surface area contributed by atoms with Gasteiger partial charge in [-0.2, -0.15) is 0 Å². The lowest BCUT2D eigenvalue weighted by Gasteiger charge is -2.35. The van der Waals surface area contributed by atoms with Gasteiger partial charge in [0.05, 0.1) is 26.4 Å². The van der Waals surface area contributed by atoms with Crippen LogP contribution in [0.5, 0.6) is 11.5 Å². The number of halogens is 2. The standard InChI is InChI=1S/C21H24F2N2O4/c1-27-17-5-2-15(3-6-17)19(25-8-10-28-11-9-25)13-24-21(26)14-29-20-7-4-16(22)12-18(20)23/h2-7,12,19H,8-11,13-14H2,1H3,(H,24,26). The summed E-state index contributed by atoms with van der Waals surface area (Å²) in [4.78, 5) is 14.5. The van der Waals surface area contributed by atoms with Crippen LogP contribution >= 0.6 is 0 Å². The Hall–Kier alpha value is -2.71. The molecule has 1 atom stereocenters. The Morgan fingerprint density at radius 2 is 1.90 bits per heavy atom. The smallest absolute Gasteiger partial charge is 0.258 e. The maximum atomic E-state index is 13.6. The Bertz CT molecular complexity index is 811. The van der Waals surface area contributed by atoms with E-state index in [1.807, 2.05) is 24.3 Å². The molecule has 0 aromatic heterocycles. The van der Waals surface area contributed by atoms with E-state index in [2.05, 4.69) is 10.2 Å². The highest BCUT2D eigenvalue weighted by molar-refractivity contribution is 5.77. The molecule has 1 amide bonds. The fraction of sp³-hybridized carbons (Fsp3) is 0.381. The number of benzene rings is 2. The van der Waals surface area contributed by atoms with Crippen LogP contribution < -0.4 is 14.8 Å². The molecule has 3 rings (SSSR count). The van der Waals surface area contributed by atoms with Crippen LogP contribution in [-0.2, 0) is 9.53 Å². The lowest BCUT2D eigenvalue weighted by atomic mass is 10.0. The summed E-state index contributed by atoms with van der Waals surface area (Å²) in [5.74, 6) is -1.34. The van der Waals surface area contributed by atoms with Crippen molar-refractivity contribution in [3.63, 3.8) is 0 Å². The third-order valence-electron chi connectivity index (χ3n) is 4.73. The minimum absolute atomic E-state index is 0.0451. The van der Waals surface area contributed by atoms with Gasteiger partial charge in [0, 0.05) is 25.7 Å². The molecule has 1 saturated heterocycles. The van der Waals surface area contributed by atoms with E-state index in [4.69, 9.17) is 14.2 Å². The third-order valence-corrected chi connectivity index (χ3v) is 4.73. The van der Waals surface area contributed by atoms with Gasteiger partial charge in [-0.3, -0.25) is 9.69 Å². The van der Waals surface area contributed by atoms with Gasteiger partial charge in [0.25, 0.3) is 5.91 Å². The van der Waals surface area contributed by atoms with Crippen molar-refractivity contribution < 1.29 is 27.8 Å². The maximum absolute atomic E-state index is 13.6. The molecule has 1 fully saturated rings. The minimum Gasteiger partial charge on any atom is -0.497 e. The second-order valence-corrected chi connectivity index (χ2v) is 6.60.